The highest BCUT2D eigenvalue weighted by Gasteiger charge is 2.30. The van der Waals surface area contributed by atoms with Crippen LogP contribution in [0.1, 0.15) is 23.7 Å². The summed E-state index contributed by atoms with van der Waals surface area (Å²) in [5.41, 5.74) is 4.30. The third-order valence-corrected chi connectivity index (χ3v) is 4.54. The zero-order chi connectivity index (χ0) is 17.4. The molecule has 25 heavy (non-hydrogen) atoms. The number of carbonyl (C=O) groups excluding carboxylic acids is 1. The van der Waals surface area contributed by atoms with Gasteiger partial charge in [0.25, 0.3) is 0 Å². The van der Waals surface area contributed by atoms with Crippen molar-refractivity contribution in [1.29, 1.82) is 0 Å². The van der Waals surface area contributed by atoms with Gasteiger partial charge in [0.05, 0.1) is 24.5 Å². The Morgan fingerprint density at radius 2 is 1.88 bits per heavy atom. The molecule has 0 saturated carbocycles. The Labute approximate surface area is 146 Å². The van der Waals surface area contributed by atoms with Crippen molar-refractivity contribution in [3.05, 3.63) is 77.8 Å². The first-order chi connectivity index (χ1) is 12.2. The molecule has 0 aliphatic carbocycles. The SMILES string of the molecule is C/C=C/C(=O)N1Cc2nn(-c3ccccc3C)c(-n3cccc3)c2C1. The molecule has 5 heteroatoms. The third kappa shape index (κ3) is 2.58. The molecule has 1 aromatic carbocycles. The molecule has 5 nitrogen and oxygen atoms in total. The van der Waals surface area contributed by atoms with Crippen molar-refractivity contribution in [2.24, 2.45) is 0 Å². The summed E-state index contributed by atoms with van der Waals surface area (Å²) < 4.78 is 4.07. The number of carbonyl (C=O) groups is 1. The fourth-order valence-electron chi connectivity index (χ4n) is 3.32. The molecule has 0 saturated heterocycles. The van der Waals surface area contributed by atoms with Gasteiger partial charge in [-0.3, -0.25) is 4.79 Å². The molecule has 0 bridgehead atoms. The summed E-state index contributed by atoms with van der Waals surface area (Å²) in [6.07, 6.45) is 7.42. The van der Waals surface area contributed by atoms with Crippen LogP contribution >= 0.6 is 0 Å². The van der Waals surface area contributed by atoms with Crippen molar-refractivity contribution in [3.8, 4) is 11.5 Å². The van der Waals surface area contributed by atoms with Crippen LogP contribution in [0.3, 0.4) is 0 Å². The lowest BCUT2D eigenvalue weighted by Gasteiger charge is -2.16. The standard InChI is InChI=1S/C20H20N4O/c1-3-8-19(25)23-13-16-17(14-23)21-24(18-10-5-4-9-15(18)2)20(16)22-11-6-7-12-22/h3-12H,13-14H2,1-2H3/b8-3+. The van der Waals surface area contributed by atoms with Crippen LogP contribution in [0, 0.1) is 6.92 Å². The lowest BCUT2D eigenvalue weighted by molar-refractivity contribution is -0.126. The highest BCUT2D eigenvalue weighted by Crippen LogP contribution is 2.31. The molecule has 1 aliphatic rings. The monoisotopic (exact) mass is 332 g/mol. The maximum Gasteiger partial charge on any atom is 0.246 e. The Kier molecular flexibility index (Phi) is 3.76. The minimum Gasteiger partial charge on any atom is -0.329 e. The van der Waals surface area contributed by atoms with E-state index in [1.807, 2.05) is 53.2 Å². The molecule has 1 aliphatic heterocycles. The van der Waals surface area contributed by atoms with Crippen LogP contribution < -0.4 is 0 Å². The number of para-hydroxylation sites is 1. The second-order valence-corrected chi connectivity index (χ2v) is 6.23. The highest BCUT2D eigenvalue weighted by atomic mass is 16.2. The molecule has 126 valence electrons. The minimum absolute atomic E-state index is 0.0291. The van der Waals surface area contributed by atoms with E-state index < -0.39 is 0 Å². The number of nitrogens with zero attached hydrogens (tertiary/aromatic N) is 4. The first-order valence-electron chi connectivity index (χ1n) is 8.40. The molecule has 0 unspecified atom stereocenters. The van der Waals surface area contributed by atoms with E-state index in [1.54, 1.807) is 12.2 Å². The number of allylic oxidation sites excluding steroid dienone is 1. The summed E-state index contributed by atoms with van der Waals surface area (Å²) in [6, 6.07) is 12.2. The molecule has 0 atom stereocenters. The number of aryl methyl sites for hydroxylation is 1. The fourth-order valence-corrected chi connectivity index (χ4v) is 3.32. The van der Waals surface area contributed by atoms with Crippen molar-refractivity contribution in [2.45, 2.75) is 26.9 Å². The van der Waals surface area contributed by atoms with Crippen molar-refractivity contribution < 1.29 is 4.79 Å². The molecule has 3 aromatic rings. The van der Waals surface area contributed by atoms with Crippen LogP contribution in [-0.2, 0) is 17.9 Å². The van der Waals surface area contributed by atoms with Gasteiger partial charge in [-0.15, -0.1) is 0 Å². The third-order valence-electron chi connectivity index (χ3n) is 4.54. The molecular formula is C20H20N4O. The van der Waals surface area contributed by atoms with Crippen molar-refractivity contribution in [2.75, 3.05) is 0 Å². The first-order valence-corrected chi connectivity index (χ1v) is 8.40. The number of hydrogen-bond donors (Lipinski definition) is 0. The highest BCUT2D eigenvalue weighted by molar-refractivity contribution is 5.88. The number of aromatic nitrogens is 3. The summed E-state index contributed by atoms with van der Waals surface area (Å²) >= 11 is 0. The van der Waals surface area contributed by atoms with E-state index in [-0.39, 0.29) is 5.91 Å². The molecule has 0 radical (unpaired) electrons. The van der Waals surface area contributed by atoms with Gasteiger partial charge in [-0.1, -0.05) is 24.3 Å². The van der Waals surface area contributed by atoms with Gasteiger partial charge in [-0.2, -0.15) is 5.10 Å². The molecular weight excluding hydrogens is 312 g/mol. The molecule has 3 heterocycles. The van der Waals surface area contributed by atoms with Crippen LogP contribution in [-0.4, -0.2) is 25.2 Å². The van der Waals surface area contributed by atoms with Crippen LogP contribution in [0.5, 0.6) is 0 Å². The molecule has 0 spiro atoms. The molecule has 2 aromatic heterocycles. The van der Waals surface area contributed by atoms with Gasteiger partial charge in [0.1, 0.15) is 5.82 Å². The molecule has 4 rings (SSSR count). The minimum atomic E-state index is 0.0291. The van der Waals surface area contributed by atoms with E-state index in [4.69, 9.17) is 5.10 Å². The Bertz CT molecular complexity index is 950. The number of fused-ring (bicyclic) bond motifs is 1. The van der Waals surface area contributed by atoms with Gasteiger partial charge in [-0.05, 0) is 43.7 Å². The summed E-state index contributed by atoms with van der Waals surface area (Å²) in [6.45, 7) is 5.07. The van der Waals surface area contributed by atoms with Crippen LogP contribution in [0.4, 0.5) is 0 Å². The number of hydrogen-bond acceptors (Lipinski definition) is 2. The summed E-state index contributed by atoms with van der Waals surface area (Å²) in [5.74, 6) is 1.03. The van der Waals surface area contributed by atoms with E-state index in [9.17, 15) is 4.79 Å². The van der Waals surface area contributed by atoms with Crippen LogP contribution in [0.2, 0.25) is 0 Å². The summed E-state index contributed by atoms with van der Waals surface area (Å²) in [4.78, 5) is 14.0. The van der Waals surface area contributed by atoms with Crippen LogP contribution in [0.25, 0.3) is 11.5 Å². The maximum atomic E-state index is 12.2. The molecule has 0 N–H and O–H groups in total. The second-order valence-electron chi connectivity index (χ2n) is 6.23. The summed E-state index contributed by atoms with van der Waals surface area (Å²) in [7, 11) is 0. The van der Waals surface area contributed by atoms with E-state index in [0.717, 1.165) is 22.8 Å². The van der Waals surface area contributed by atoms with E-state index in [2.05, 4.69) is 23.6 Å². The smallest absolute Gasteiger partial charge is 0.246 e. The average molecular weight is 332 g/mol. The largest absolute Gasteiger partial charge is 0.329 e. The zero-order valence-electron chi connectivity index (χ0n) is 14.4. The average Bonchev–Trinajstić information content (AvgIpc) is 3.30. The van der Waals surface area contributed by atoms with Crippen molar-refractivity contribution in [1.82, 2.24) is 19.2 Å². The number of amides is 1. The quantitative estimate of drug-likeness (QED) is 0.690. The number of benzene rings is 1. The lowest BCUT2D eigenvalue weighted by atomic mass is 10.2. The summed E-state index contributed by atoms with van der Waals surface area (Å²) in [5, 5.41) is 4.85. The van der Waals surface area contributed by atoms with Gasteiger partial charge in [-0.25, -0.2) is 4.68 Å². The lowest BCUT2D eigenvalue weighted by Crippen LogP contribution is -2.24. The van der Waals surface area contributed by atoms with E-state index in [1.165, 1.54) is 5.56 Å². The normalized spacial score (nSPS) is 13.6. The number of rotatable bonds is 3. The first kappa shape index (κ1) is 15.4. The Hall–Kier alpha value is -3.08. The maximum absolute atomic E-state index is 12.2. The Balaban J connectivity index is 1.84. The van der Waals surface area contributed by atoms with E-state index >= 15 is 0 Å². The molecule has 0 fully saturated rings. The fraction of sp³-hybridized carbons (Fsp3) is 0.200. The van der Waals surface area contributed by atoms with Gasteiger partial charge in [0.2, 0.25) is 5.91 Å². The van der Waals surface area contributed by atoms with Gasteiger partial charge < -0.3 is 9.47 Å². The van der Waals surface area contributed by atoms with Gasteiger partial charge >= 0.3 is 0 Å². The second kappa shape index (κ2) is 6.09. The van der Waals surface area contributed by atoms with Crippen LogP contribution in [0.15, 0.2) is 60.9 Å². The zero-order valence-corrected chi connectivity index (χ0v) is 14.4. The van der Waals surface area contributed by atoms with Crippen molar-refractivity contribution >= 4 is 5.91 Å². The van der Waals surface area contributed by atoms with Crippen molar-refractivity contribution in [3.63, 3.8) is 0 Å². The predicted octanol–water partition coefficient (Wildman–Crippen LogP) is 3.39. The van der Waals surface area contributed by atoms with Gasteiger partial charge in [0, 0.05) is 18.0 Å². The van der Waals surface area contributed by atoms with E-state index in [0.29, 0.717) is 13.1 Å². The van der Waals surface area contributed by atoms with Gasteiger partial charge in [0.15, 0.2) is 0 Å². The Morgan fingerprint density at radius 3 is 2.60 bits per heavy atom. The predicted molar refractivity (Wildman–Crippen MR) is 96.7 cm³/mol. The molecule has 1 amide bonds. The topological polar surface area (TPSA) is 43.1 Å². The Morgan fingerprint density at radius 1 is 1.12 bits per heavy atom.